The second-order valence-electron chi connectivity index (χ2n) is 6.18. The molecular formula is C20H16N6O2. The normalized spacial score (nSPS) is 10.7. The molecule has 0 aliphatic carbocycles. The highest BCUT2D eigenvalue weighted by Gasteiger charge is 2.21. The summed E-state index contributed by atoms with van der Waals surface area (Å²) < 4.78 is 8.19. The highest BCUT2D eigenvalue weighted by Crippen LogP contribution is 2.25. The molecule has 138 valence electrons. The number of nitrogens with two attached hydrogens (primary N) is 1. The maximum absolute atomic E-state index is 12.1. The molecule has 0 aliphatic heterocycles. The lowest BCUT2D eigenvalue weighted by atomic mass is 10.2. The van der Waals surface area contributed by atoms with Gasteiger partial charge in [0.15, 0.2) is 5.69 Å². The summed E-state index contributed by atoms with van der Waals surface area (Å²) in [6.45, 7) is 0.557. The Bertz CT molecular complexity index is 1210. The van der Waals surface area contributed by atoms with Gasteiger partial charge in [0.05, 0.1) is 30.4 Å². The van der Waals surface area contributed by atoms with Gasteiger partial charge in [-0.3, -0.25) is 0 Å². The summed E-state index contributed by atoms with van der Waals surface area (Å²) in [5.41, 5.74) is 9.90. The Hall–Kier alpha value is -4.12. The SMILES string of the molecule is COC(=O)c1c(N)c(C#N)cn1-c1ccc(Cn2nnc3ccccc32)cc1. The van der Waals surface area contributed by atoms with Crippen LogP contribution in [-0.2, 0) is 11.3 Å². The number of para-hydroxylation sites is 1. The van der Waals surface area contributed by atoms with Crippen molar-refractivity contribution in [3.63, 3.8) is 0 Å². The molecule has 4 rings (SSSR count). The second-order valence-corrected chi connectivity index (χ2v) is 6.18. The molecule has 0 aliphatic rings. The van der Waals surface area contributed by atoms with Gasteiger partial charge in [-0.05, 0) is 29.8 Å². The standard InChI is InChI=1S/C20H16N6O2/c1-28-20(27)19-18(22)14(10-21)12-25(19)15-8-6-13(7-9-15)11-26-17-5-3-2-4-16(17)23-24-26/h2-9,12H,11,22H2,1H3. The van der Waals surface area contributed by atoms with Crippen molar-refractivity contribution in [3.8, 4) is 11.8 Å². The van der Waals surface area contributed by atoms with E-state index in [0.29, 0.717) is 12.2 Å². The first-order chi connectivity index (χ1) is 13.6. The maximum Gasteiger partial charge on any atom is 0.357 e. The Morgan fingerprint density at radius 3 is 2.68 bits per heavy atom. The van der Waals surface area contributed by atoms with E-state index in [0.717, 1.165) is 16.6 Å². The number of hydrogen-bond donors (Lipinski definition) is 1. The van der Waals surface area contributed by atoms with E-state index in [1.54, 1.807) is 4.57 Å². The first-order valence-corrected chi connectivity index (χ1v) is 8.49. The van der Waals surface area contributed by atoms with Crippen molar-refractivity contribution in [3.05, 3.63) is 71.5 Å². The summed E-state index contributed by atoms with van der Waals surface area (Å²) in [4.78, 5) is 12.1. The minimum Gasteiger partial charge on any atom is -0.464 e. The lowest BCUT2D eigenvalue weighted by Gasteiger charge is -2.09. The van der Waals surface area contributed by atoms with E-state index in [2.05, 4.69) is 10.3 Å². The molecule has 0 spiro atoms. The Morgan fingerprint density at radius 2 is 1.96 bits per heavy atom. The molecule has 0 amide bonds. The lowest BCUT2D eigenvalue weighted by Crippen LogP contribution is -2.11. The van der Waals surface area contributed by atoms with Crippen LogP contribution >= 0.6 is 0 Å². The fourth-order valence-corrected chi connectivity index (χ4v) is 3.09. The smallest absolute Gasteiger partial charge is 0.357 e. The number of carbonyl (C=O) groups is 1. The van der Waals surface area contributed by atoms with Gasteiger partial charge in [-0.25, -0.2) is 9.48 Å². The number of nitrogen functional groups attached to an aromatic ring is 1. The number of ether oxygens (including phenoxy) is 1. The van der Waals surface area contributed by atoms with Crippen LogP contribution in [0.1, 0.15) is 21.6 Å². The number of benzene rings is 2. The van der Waals surface area contributed by atoms with Crippen LogP contribution in [0.3, 0.4) is 0 Å². The van der Waals surface area contributed by atoms with E-state index in [9.17, 15) is 10.1 Å². The minimum atomic E-state index is -0.600. The fraction of sp³-hybridized carbons (Fsp3) is 0.100. The summed E-state index contributed by atoms with van der Waals surface area (Å²) in [5, 5.41) is 17.6. The number of carbonyl (C=O) groups excluding carboxylic acids is 1. The third-order valence-corrected chi connectivity index (χ3v) is 4.51. The summed E-state index contributed by atoms with van der Waals surface area (Å²) in [7, 11) is 1.27. The van der Waals surface area contributed by atoms with E-state index >= 15 is 0 Å². The highest BCUT2D eigenvalue weighted by molar-refractivity contribution is 5.95. The molecule has 0 saturated carbocycles. The topological polar surface area (TPSA) is 112 Å². The molecule has 2 aromatic carbocycles. The quantitative estimate of drug-likeness (QED) is 0.551. The molecular weight excluding hydrogens is 356 g/mol. The number of esters is 1. The number of nitrogens with zero attached hydrogens (tertiary/aromatic N) is 5. The van der Waals surface area contributed by atoms with Crippen LogP contribution in [0.2, 0.25) is 0 Å². The zero-order valence-corrected chi connectivity index (χ0v) is 15.0. The van der Waals surface area contributed by atoms with E-state index in [1.807, 2.05) is 59.3 Å². The molecule has 0 saturated heterocycles. The van der Waals surface area contributed by atoms with E-state index in [-0.39, 0.29) is 16.9 Å². The first kappa shape index (κ1) is 17.3. The molecule has 0 radical (unpaired) electrons. The number of hydrogen-bond acceptors (Lipinski definition) is 6. The van der Waals surface area contributed by atoms with Gasteiger partial charge in [-0.2, -0.15) is 5.26 Å². The third kappa shape index (κ3) is 2.85. The Labute approximate surface area is 160 Å². The van der Waals surface area contributed by atoms with Gasteiger partial charge in [-0.1, -0.05) is 29.5 Å². The zero-order valence-electron chi connectivity index (χ0n) is 15.0. The molecule has 2 aromatic heterocycles. The van der Waals surface area contributed by atoms with Gasteiger partial charge < -0.3 is 15.0 Å². The van der Waals surface area contributed by atoms with E-state index in [1.165, 1.54) is 13.3 Å². The monoisotopic (exact) mass is 372 g/mol. The Morgan fingerprint density at radius 1 is 1.21 bits per heavy atom. The minimum absolute atomic E-state index is 0.104. The van der Waals surface area contributed by atoms with Crippen LogP contribution < -0.4 is 5.73 Å². The van der Waals surface area contributed by atoms with Crippen LogP contribution in [-0.4, -0.2) is 32.6 Å². The number of aromatic nitrogens is 4. The molecule has 0 fully saturated rings. The molecule has 2 heterocycles. The van der Waals surface area contributed by atoms with Crippen molar-refractivity contribution in [1.82, 2.24) is 19.6 Å². The van der Waals surface area contributed by atoms with Gasteiger partial charge in [0, 0.05) is 11.9 Å². The van der Waals surface area contributed by atoms with Crippen LogP contribution in [0.15, 0.2) is 54.7 Å². The maximum atomic E-state index is 12.1. The van der Waals surface area contributed by atoms with Crippen molar-refractivity contribution >= 4 is 22.7 Å². The van der Waals surface area contributed by atoms with Gasteiger partial charge in [0.1, 0.15) is 11.6 Å². The summed E-state index contributed by atoms with van der Waals surface area (Å²) in [5.74, 6) is -0.600. The first-order valence-electron chi connectivity index (χ1n) is 8.49. The largest absolute Gasteiger partial charge is 0.464 e. The summed E-state index contributed by atoms with van der Waals surface area (Å²) >= 11 is 0. The molecule has 0 unspecified atom stereocenters. The van der Waals surface area contributed by atoms with Crippen molar-refractivity contribution in [1.29, 1.82) is 5.26 Å². The highest BCUT2D eigenvalue weighted by atomic mass is 16.5. The molecule has 2 N–H and O–H groups in total. The Balaban J connectivity index is 1.67. The zero-order chi connectivity index (χ0) is 19.7. The number of methoxy groups -OCH3 is 1. The summed E-state index contributed by atoms with van der Waals surface area (Å²) in [6.07, 6.45) is 1.53. The number of nitriles is 1. The lowest BCUT2D eigenvalue weighted by molar-refractivity contribution is 0.0593. The predicted molar refractivity (Wildman–Crippen MR) is 103 cm³/mol. The second kappa shape index (κ2) is 6.89. The molecule has 0 bridgehead atoms. The molecule has 4 aromatic rings. The van der Waals surface area contributed by atoms with Gasteiger partial charge in [-0.15, -0.1) is 5.10 Å². The molecule has 28 heavy (non-hydrogen) atoms. The Kier molecular flexibility index (Phi) is 4.26. The molecule has 8 nitrogen and oxygen atoms in total. The summed E-state index contributed by atoms with van der Waals surface area (Å²) in [6, 6.07) is 17.3. The van der Waals surface area contributed by atoms with Crippen molar-refractivity contribution in [2.75, 3.05) is 12.8 Å². The van der Waals surface area contributed by atoms with Crippen LogP contribution in [0.5, 0.6) is 0 Å². The van der Waals surface area contributed by atoms with Crippen molar-refractivity contribution < 1.29 is 9.53 Å². The predicted octanol–water partition coefficient (Wildman–Crippen LogP) is 2.51. The van der Waals surface area contributed by atoms with Gasteiger partial charge in [0.25, 0.3) is 0 Å². The van der Waals surface area contributed by atoms with Gasteiger partial charge in [0.2, 0.25) is 0 Å². The van der Waals surface area contributed by atoms with Crippen LogP contribution in [0, 0.1) is 11.3 Å². The van der Waals surface area contributed by atoms with Gasteiger partial charge >= 0.3 is 5.97 Å². The molecule has 0 atom stereocenters. The van der Waals surface area contributed by atoms with Crippen LogP contribution in [0.4, 0.5) is 5.69 Å². The average molecular weight is 372 g/mol. The van der Waals surface area contributed by atoms with E-state index in [4.69, 9.17) is 10.5 Å². The number of rotatable bonds is 4. The van der Waals surface area contributed by atoms with Crippen LogP contribution in [0.25, 0.3) is 16.7 Å². The number of anilines is 1. The number of fused-ring (bicyclic) bond motifs is 1. The third-order valence-electron chi connectivity index (χ3n) is 4.51. The van der Waals surface area contributed by atoms with Crippen molar-refractivity contribution in [2.45, 2.75) is 6.54 Å². The average Bonchev–Trinajstić information content (AvgIpc) is 3.29. The molecule has 8 heteroatoms. The van der Waals surface area contributed by atoms with E-state index < -0.39 is 5.97 Å². The van der Waals surface area contributed by atoms with Crippen molar-refractivity contribution in [2.24, 2.45) is 0 Å². The fourth-order valence-electron chi connectivity index (χ4n) is 3.09.